The molecule has 1 amide bonds. The van der Waals surface area contributed by atoms with E-state index in [-0.39, 0.29) is 35.8 Å². The molecule has 0 aromatic carbocycles. The predicted molar refractivity (Wildman–Crippen MR) is 117 cm³/mol. The van der Waals surface area contributed by atoms with E-state index in [0.29, 0.717) is 19.1 Å². The molecule has 0 radical (unpaired) electrons. The molecule has 1 fully saturated rings. The molecule has 8 heteroatoms. The van der Waals surface area contributed by atoms with Crippen molar-refractivity contribution in [3.8, 4) is 0 Å². The van der Waals surface area contributed by atoms with Gasteiger partial charge in [0.25, 0.3) is 0 Å². The minimum Gasteiger partial charge on any atom is -0.369 e. The molecule has 2 atom stereocenters. The first-order valence-corrected chi connectivity index (χ1v) is 9.00. The highest BCUT2D eigenvalue weighted by molar-refractivity contribution is 14.0. The first-order valence-electron chi connectivity index (χ1n) is 9.00. The van der Waals surface area contributed by atoms with Crippen molar-refractivity contribution in [2.24, 2.45) is 16.6 Å². The summed E-state index contributed by atoms with van der Waals surface area (Å²) in [4.78, 5) is 22.5. The number of halogens is 1. The van der Waals surface area contributed by atoms with Gasteiger partial charge in [-0.1, -0.05) is 13.0 Å². The third kappa shape index (κ3) is 6.30. The Morgan fingerprint density at radius 3 is 2.96 bits per heavy atom. The molecule has 1 aliphatic heterocycles. The van der Waals surface area contributed by atoms with Gasteiger partial charge in [0.2, 0.25) is 5.91 Å². The molecule has 2 heterocycles. The fourth-order valence-electron chi connectivity index (χ4n) is 2.96. The molecule has 0 spiro atoms. The number of aliphatic imine (C=N–C) groups is 1. The number of rotatable bonds is 6. The maximum absolute atomic E-state index is 11.5. The lowest BCUT2D eigenvalue weighted by Crippen LogP contribution is -2.43. The number of carbonyl (C=O) groups is 1. The molecule has 1 saturated heterocycles. The number of primary amides is 1. The van der Waals surface area contributed by atoms with E-state index in [1.165, 1.54) is 0 Å². The van der Waals surface area contributed by atoms with E-state index in [2.05, 4.69) is 45.4 Å². The van der Waals surface area contributed by atoms with Crippen LogP contribution in [-0.4, -0.2) is 43.0 Å². The molecule has 1 aromatic rings. The predicted octanol–water partition coefficient (Wildman–Crippen LogP) is 1.86. The number of hydrogen-bond acceptors (Lipinski definition) is 4. The quantitative estimate of drug-likeness (QED) is 0.333. The van der Waals surface area contributed by atoms with Gasteiger partial charge in [-0.2, -0.15) is 0 Å². The van der Waals surface area contributed by atoms with Crippen molar-refractivity contribution in [2.75, 3.05) is 25.0 Å². The van der Waals surface area contributed by atoms with Gasteiger partial charge in [-0.3, -0.25) is 9.79 Å². The molecule has 4 N–H and O–H groups in total. The van der Waals surface area contributed by atoms with Crippen LogP contribution in [0.1, 0.15) is 38.7 Å². The second kappa shape index (κ2) is 11.2. The van der Waals surface area contributed by atoms with Crippen LogP contribution in [0.4, 0.5) is 5.82 Å². The van der Waals surface area contributed by atoms with Crippen molar-refractivity contribution in [3.05, 3.63) is 23.9 Å². The first kappa shape index (κ1) is 22.5. The molecule has 1 aliphatic rings. The summed E-state index contributed by atoms with van der Waals surface area (Å²) >= 11 is 0. The van der Waals surface area contributed by atoms with Gasteiger partial charge in [-0.25, -0.2) is 4.98 Å². The third-order valence-electron chi connectivity index (χ3n) is 4.66. The van der Waals surface area contributed by atoms with Gasteiger partial charge in [-0.15, -0.1) is 24.0 Å². The molecule has 146 valence electrons. The minimum atomic E-state index is -0.224. The molecule has 7 nitrogen and oxygen atoms in total. The number of carbonyl (C=O) groups excluding carboxylic acids is 1. The Kier molecular flexibility index (Phi) is 9.68. The fourth-order valence-corrected chi connectivity index (χ4v) is 2.96. The number of aromatic nitrogens is 1. The van der Waals surface area contributed by atoms with Crippen LogP contribution >= 0.6 is 24.0 Å². The highest BCUT2D eigenvalue weighted by atomic mass is 127. The molecule has 26 heavy (non-hydrogen) atoms. The molecule has 0 saturated carbocycles. The van der Waals surface area contributed by atoms with E-state index in [9.17, 15) is 4.79 Å². The van der Waals surface area contributed by atoms with Crippen molar-refractivity contribution >= 4 is 41.7 Å². The summed E-state index contributed by atoms with van der Waals surface area (Å²) in [6.45, 7) is 6.42. The SMILES string of the molecule is CCC(C)NC(=NC)NCc1cccnc1N1CCCC(C(N)=O)C1.I. The monoisotopic (exact) mass is 474 g/mol. The van der Waals surface area contributed by atoms with Crippen molar-refractivity contribution in [3.63, 3.8) is 0 Å². The number of pyridine rings is 1. The average molecular weight is 474 g/mol. The number of amides is 1. The Morgan fingerprint density at radius 1 is 1.54 bits per heavy atom. The maximum Gasteiger partial charge on any atom is 0.222 e. The van der Waals surface area contributed by atoms with E-state index in [1.807, 2.05) is 6.07 Å². The normalized spacial score (nSPS) is 18.7. The topological polar surface area (TPSA) is 95.6 Å². The minimum absolute atomic E-state index is 0. The number of nitrogens with zero attached hydrogens (tertiary/aromatic N) is 3. The molecule has 2 rings (SSSR count). The van der Waals surface area contributed by atoms with E-state index >= 15 is 0 Å². The van der Waals surface area contributed by atoms with Crippen LogP contribution in [0.15, 0.2) is 23.3 Å². The van der Waals surface area contributed by atoms with Crippen LogP contribution in [0.2, 0.25) is 0 Å². The Morgan fingerprint density at radius 2 is 2.31 bits per heavy atom. The lowest BCUT2D eigenvalue weighted by Gasteiger charge is -2.33. The lowest BCUT2D eigenvalue weighted by molar-refractivity contribution is -0.122. The summed E-state index contributed by atoms with van der Waals surface area (Å²) in [7, 11) is 1.77. The number of piperidine rings is 1. The second-order valence-corrected chi connectivity index (χ2v) is 6.55. The number of hydrogen-bond donors (Lipinski definition) is 3. The smallest absolute Gasteiger partial charge is 0.222 e. The van der Waals surface area contributed by atoms with Gasteiger partial charge in [-0.05, 0) is 32.3 Å². The summed E-state index contributed by atoms with van der Waals surface area (Å²) in [6, 6.07) is 4.35. The van der Waals surface area contributed by atoms with Crippen LogP contribution < -0.4 is 21.3 Å². The summed E-state index contributed by atoms with van der Waals surface area (Å²) in [5.74, 6) is 1.37. The zero-order chi connectivity index (χ0) is 18.2. The van der Waals surface area contributed by atoms with E-state index in [1.54, 1.807) is 13.2 Å². The standard InChI is InChI=1S/C18H30N6O.HI/c1-4-13(2)23-18(20-3)22-11-14-7-5-9-21-17(14)24-10-6-8-15(12-24)16(19)25;/h5,7,9,13,15H,4,6,8,10-12H2,1-3H3,(H2,19,25)(H2,20,22,23);1H. The van der Waals surface area contributed by atoms with Gasteiger partial charge < -0.3 is 21.3 Å². The maximum atomic E-state index is 11.5. The molecular weight excluding hydrogens is 443 g/mol. The zero-order valence-corrected chi connectivity index (χ0v) is 18.2. The Hall–Kier alpha value is -1.58. The molecule has 0 aliphatic carbocycles. The van der Waals surface area contributed by atoms with Gasteiger partial charge in [0.1, 0.15) is 5.82 Å². The van der Waals surface area contributed by atoms with E-state index in [4.69, 9.17) is 5.73 Å². The highest BCUT2D eigenvalue weighted by Crippen LogP contribution is 2.24. The fraction of sp³-hybridized carbons (Fsp3) is 0.611. The molecule has 0 bridgehead atoms. The summed E-state index contributed by atoms with van der Waals surface area (Å²) in [5.41, 5.74) is 6.58. The number of anilines is 1. The van der Waals surface area contributed by atoms with Crippen LogP contribution in [0.3, 0.4) is 0 Å². The number of guanidine groups is 1. The lowest BCUT2D eigenvalue weighted by atomic mass is 9.97. The van der Waals surface area contributed by atoms with Crippen LogP contribution in [0.5, 0.6) is 0 Å². The third-order valence-corrected chi connectivity index (χ3v) is 4.66. The Balaban J connectivity index is 0.00000338. The van der Waals surface area contributed by atoms with Crippen molar-refractivity contribution < 1.29 is 4.79 Å². The zero-order valence-electron chi connectivity index (χ0n) is 15.9. The van der Waals surface area contributed by atoms with Gasteiger partial charge >= 0.3 is 0 Å². The van der Waals surface area contributed by atoms with Crippen LogP contribution in [-0.2, 0) is 11.3 Å². The van der Waals surface area contributed by atoms with Crippen molar-refractivity contribution in [1.29, 1.82) is 0 Å². The molecule has 2 unspecified atom stereocenters. The van der Waals surface area contributed by atoms with Crippen molar-refractivity contribution in [2.45, 2.75) is 45.7 Å². The molecular formula is C18H31IN6O. The largest absolute Gasteiger partial charge is 0.369 e. The Bertz CT molecular complexity index is 609. The Labute approximate surface area is 173 Å². The molecule has 1 aromatic heterocycles. The van der Waals surface area contributed by atoms with Crippen LogP contribution in [0.25, 0.3) is 0 Å². The van der Waals surface area contributed by atoms with Gasteiger partial charge in [0.15, 0.2) is 5.96 Å². The van der Waals surface area contributed by atoms with Gasteiger partial charge in [0.05, 0.1) is 5.92 Å². The second-order valence-electron chi connectivity index (χ2n) is 6.55. The van der Waals surface area contributed by atoms with Crippen molar-refractivity contribution in [1.82, 2.24) is 15.6 Å². The summed E-state index contributed by atoms with van der Waals surface area (Å²) in [6.07, 6.45) is 4.63. The summed E-state index contributed by atoms with van der Waals surface area (Å²) < 4.78 is 0. The van der Waals surface area contributed by atoms with E-state index in [0.717, 1.165) is 43.1 Å². The summed E-state index contributed by atoms with van der Waals surface area (Å²) in [5, 5.41) is 6.70. The highest BCUT2D eigenvalue weighted by Gasteiger charge is 2.25. The number of nitrogens with one attached hydrogen (secondary N) is 2. The van der Waals surface area contributed by atoms with E-state index < -0.39 is 0 Å². The van der Waals surface area contributed by atoms with Gasteiger partial charge in [0, 0.05) is 44.5 Å². The number of nitrogens with two attached hydrogens (primary N) is 1. The first-order chi connectivity index (χ1) is 12.0. The average Bonchev–Trinajstić information content (AvgIpc) is 2.65. The van der Waals surface area contributed by atoms with Crippen LogP contribution in [0, 0.1) is 5.92 Å².